The molecule has 498 valence electrons. The number of para-hydroxylation sites is 4. The molecule has 24 nitrogen and oxygen atoms in total. The summed E-state index contributed by atoms with van der Waals surface area (Å²) in [7, 11) is 0. The van der Waals surface area contributed by atoms with Crippen LogP contribution in [0.15, 0.2) is 121 Å². The molecule has 12 aliphatic heterocycles. The van der Waals surface area contributed by atoms with E-state index in [4.69, 9.17) is 47.9 Å². The number of benzene rings is 4. The maximum Gasteiger partial charge on any atom is 0.322 e. The van der Waals surface area contributed by atoms with E-state index in [1.165, 1.54) is 0 Å². The molecule has 0 spiro atoms. The van der Waals surface area contributed by atoms with E-state index in [0.29, 0.717) is 112 Å². The van der Waals surface area contributed by atoms with Crippen LogP contribution in [-0.2, 0) is 37.9 Å². The fourth-order valence-corrected chi connectivity index (χ4v) is 12.3. The second kappa shape index (κ2) is 31.7. The standard InChI is InChI=1S/C72H78N12O12/c85-69-77-53-13-5-1-9-49(53)65-57-17-19-59(73-57)66-50-10-2-6-14-54(50)78-70(86)82-27-37-93-45-47-95-39-29-83(30-40-96-48-46-94-38-28-82)71(87)79-55-15-7-3-11-51(55)67(60-20-18-58(65)74-60)62-22-24-64(76-62)68(63-23-21-61(66)75-63)52-12-4-8-16-56(52)80-72(88)84-31-35-91-43-41-89-33-25-81(69)26-34-90-42-44-92-36-32-84/h1-24,73,76H,25-48H2,(H,77,85)(H,78,86)(H,79,87)(H,80,88). The van der Waals surface area contributed by atoms with Crippen molar-refractivity contribution in [1.29, 1.82) is 0 Å². The predicted molar refractivity (Wildman–Crippen MR) is 370 cm³/mol. The molecule has 96 heavy (non-hydrogen) atoms. The van der Waals surface area contributed by atoms with Crippen LogP contribution in [0.25, 0.3) is 90.9 Å². The smallest absolute Gasteiger partial charge is 0.322 e. The number of nitrogens with zero attached hydrogens (tertiary/aromatic N) is 6. The Morgan fingerprint density at radius 3 is 0.667 bits per heavy atom. The van der Waals surface area contributed by atoms with Crippen molar-refractivity contribution in [1.82, 2.24) is 39.5 Å². The van der Waals surface area contributed by atoms with Crippen molar-refractivity contribution in [2.45, 2.75) is 0 Å². The van der Waals surface area contributed by atoms with E-state index in [2.05, 4.69) is 31.2 Å². The molecular weight excluding hydrogens is 1220 g/mol. The van der Waals surface area contributed by atoms with Crippen LogP contribution in [0.3, 0.4) is 0 Å². The average molecular weight is 1300 g/mol. The number of anilines is 4. The van der Waals surface area contributed by atoms with E-state index >= 15 is 0 Å². The number of H-pyrrole nitrogens is 2. The van der Waals surface area contributed by atoms with Gasteiger partial charge < -0.3 is 88.7 Å². The summed E-state index contributed by atoms with van der Waals surface area (Å²) in [6.45, 7) is 5.56. The highest BCUT2D eigenvalue weighted by atomic mass is 16.5. The SMILES string of the molecule is O=C1Nc2ccccc2-c2c3nc(c4c5ccc([nH]5)c(c5nc(c(c6ccc2[nH]6)-c2ccccc2NC(=O)N2CCOCCOCCN(CCOCCOCC2)C(=O)Nc2ccccc2-4)C=C5)-c2ccccc2NC(=O)N2CCOCCOCCN1CCOCCOCC2)C=C3. The molecule has 0 atom stereocenters. The predicted octanol–water partition coefficient (Wildman–Crippen LogP) is 10.8. The Morgan fingerprint density at radius 2 is 0.458 bits per heavy atom. The van der Waals surface area contributed by atoms with Gasteiger partial charge in [-0.05, 0) is 72.8 Å². The zero-order chi connectivity index (χ0) is 65.4. The number of carbonyl (C=O) groups excluding carboxylic acids is 4. The summed E-state index contributed by atoms with van der Waals surface area (Å²) < 4.78 is 48.6. The lowest BCUT2D eigenvalue weighted by Crippen LogP contribution is -2.40. The summed E-state index contributed by atoms with van der Waals surface area (Å²) in [6.07, 6.45) is 7.83. The summed E-state index contributed by atoms with van der Waals surface area (Å²) in [4.78, 5) is 85.3. The normalized spacial score (nSPS) is 18.2. The Kier molecular flexibility index (Phi) is 21.4. The number of urea groups is 4. The molecule has 0 saturated carbocycles. The Bertz CT molecular complexity index is 3630. The van der Waals surface area contributed by atoms with Crippen LogP contribution in [0.1, 0.15) is 22.8 Å². The Hall–Kier alpha value is -9.76. The molecule has 3 aromatic heterocycles. The number of carbonyl (C=O) groups is 4. The molecule has 8 amide bonds. The van der Waals surface area contributed by atoms with Gasteiger partial charge in [0.15, 0.2) is 0 Å². The maximum absolute atomic E-state index is 14.9. The molecular formula is C72H78N12O12. The van der Waals surface area contributed by atoms with E-state index in [9.17, 15) is 19.2 Å². The number of nitrogens with one attached hydrogen (secondary N) is 6. The number of hydrogen-bond donors (Lipinski definition) is 6. The quantitative estimate of drug-likeness (QED) is 0.0825. The monoisotopic (exact) mass is 1300 g/mol. The van der Waals surface area contributed by atoms with Gasteiger partial charge in [0, 0.05) is 119 Å². The lowest BCUT2D eigenvalue weighted by molar-refractivity contribution is 0.0175. The molecule has 7 aromatic rings. The van der Waals surface area contributed by atoms with Crippen molar-refractivity contribution < 1.29 is 57.1 Å². The third kappa shape index (κ3) is 15.5. The number of ether oxygens (including phenoxy) is 8. The van der Waals surface area contributed by atoms with E-state index in [-0.39, 0.29) is 182 Å². The van der Waals surface area contributed by atoms with Crippen LogP contribution in [-0.4, -0.2) is 222 Å². The summed E-state index contributed by atoms with van der Waals surface area (Å²) in [5, 5.41) is 13.1. The van der Waals surface area contributed by atoms with Crippen LogP contribution in [0.4, 0.5) is 41.9 Å². The van der Waals surface area contributed by atoms with Gasteiger partial charge in [-0.15, -0.1) is 0 Å². The van der Waals surface area contributed by atoms with Crippen LogP contribution < -0.4 is 21.3 Å². The van der Waals surface area contributed by atoms with Crippen LogP contribution in [0, 0.1) is 0 Å². The third-order valence-corrected chi connectivity index (χ3v) is 17.2. The van der Waals surface area contributed by atoms with Crippen molar-refractivity contribution in [3.8, 4) is 44.5 Å². The van der Waals surface area contributed by atoms with Gasteiger partial charge in [-0.3, -0.25) is 0 Å². The van der Waals surface area contributed by atoms with Gasteiger partial charge in [-0.1, -0.05) is 72.8 Å². The zero-order valence-corrected chi connectivity index (χ0v) is 53.4. The minimum absolute atomic E-state index is 0.209. The number of aromatic nitrogens is 4. The summed E-state index contributed by atoms with van der Waals surface area (Å²) >= 11 is 0. The highest BCUT2D eigenvalue weighted by Gasteiger charge is 2.27. The molecule has 0 unspecified atom stereocenters. The third-order valence-electron chi connectivity index (χ3n) is 17.2. The molecule has 0 radical (unpaired) electrons. The largest absolute Gasteiger partial charge is 0.377 e. The molecule has 15 heterocycles. The van der Waals surface area contributed by atoms with Crippen molar-refractivity contribution in [3.05, 3.63) is 144 Å². The highest BCUT2D eigenvalue weighted by Crippen LogP contribution is 2.43. The number of rotatable bonds is 0. The van der Waals surface area contributed by atoms with Gasteiger partial charge in [0.25, 0.3) is 0 Å². The first-order valence-corrected chi connectivity index (χ1v) is 32.7. The second-order valence-corrected chi connectivity index (χ2v) is 23.3. The van der Waals surface area contributed by atoms with Crippen molar-refractivity contribution in [2.24, 2.45) is 0 Å². The molecule has 4 aromatic carbocycles. The van der Waals surface area contributed by atoms with E-state index < -0.39 is 0 Å². The number of amides is 8. The summed E-state index contributed by atoms with van der Waals surface area (Å²) in [5.41, 5.74) is 11.8. The molecule has 16 bridgehead atoms. The van der Waals surface area contributed by atoms with Gasteiger partial charge in [0.2, 0.25) is 0 Å². The lowest BCUT2D eigenvalue weighted by Gasteiger charge is -2.25. The first-order valence-electron chi connectivity index (χ1n) is 32.7. The van der Waals surface area contributed by atoms with Crippen molar-refractivity contribution in [3.63, 3.8) is 0 Å². The van der Waals surface area contributed by atoms with Gasteiger partial charge in [0.1, 0.15) is 0 Å². The maximum atomic E-state index is 14.9. The Morgan fingerprint density at radius 1 is 0.260 bits per heavy atom. The minimum atomic E-state index is -0.385. The molecule has 0 aliphatic carbocycles. The number of hydrogen-bond acceptors (Lipinski definition) is 14. The second-order valence-electron chi connectivity index (χ2n) is 23.3. The Balaban J connectivity index is 1.13. The van der Waals surface area contributed by atoms with Gasteiger partial charge >= 0.3 is 24.1 Å². The first-order chi connectivity index (χ1) is 47.3. The molecule has 6 N–H and O–H groups in total. The average Bonchev–Trinajstić information content (AvgIpc) is 1.60. The van der Waals surface area contributed by atoms with Crippen molar-refractivity contribution in [2.75, 3.05) is 179 Å². The minimum Gasteiger partial charge on any atom is -0.377 e. The topological polar surface area (TPSA) is 261 Å². The molecule has 2 saturated heterocycles. The van der Waals surface area contributed by atoms with E-state index in [0.717, 1.165) is 0 Å². The fourth-order valence-electron chi connectivity index (χ4n) is 12.3. The molecule has 24 heteroatoms. The van der Waals surface area contributed by atoms with Crippen LogP contribution in [0.2, 0.25) is 0 Å². The van der Waals surface area contributed by atoms with Gasteiger partial charge in [-0.2, -0.15) is 0 Å². The zero-order valence-electron chi connectivity index (χ0n) is 53.4. The number of aromatic amines is 2. The Labute approximate surface area is 555 Å². The molecule has 19 rings (SSSR count). The van der Waals surface area contributed by atoms with Gasteiger partial charge in [-0.25, -0.2) is 29.1 Å². The van der Waals surface area contributed by atoms with Crippen molar-refractivity contribution >= 4 is 93.2 Å². The summed E-state index contributed by atoms with van der Waals surface area (Å²) in [5.74, 6) is 0. The van der Waals surface area contributed by atoms with E-state index in [1.807, 2.05) is 146 Å². The lowest BCUT2D eigenvalue weighted by atomic mass is 10.0. The van der Waals surface area contributed by atoms with Crippen LogP contribution in [0.5, 0.6) is 0 Å². The fraction of sp³-hybridized carbons (Fsp3) is 0.333. The van der Waals surface area contributed by atoms with E-state index in [1.54, 1.807) is 19.6 Å². The first kappa shape index (κ1) is 64.9. The highest BCUT2D eigenvalue weighted by molar-refractivity contribution is 6.07. The van der Waals surface area contributed by atoms with Gasteiger partial charge in [0.05, 0.1) is 151 Å². The molecule has 2 fully saturated rings. The molecule has 12 aliphatic rings. The summed E-state index contributed by atoms with van der Waals surface area (Å²) in [6, 6.07) is 36.9. The van der Waals surface area contributed by atoms with Crippen LogP contribution >= 0.6 is 0 Å².